The fourth-order valence-electron chi connectivity index (χ4n) is 6.98. The van der Waals surface area contributed by atoms with Crippen molar-refractivity contribution in [2.75, 3.05) is 6.61 Å². The topological polar surface area (TPSA) is 89.8 Å². The zero-order valence-electron chi connectivity index (χ0n) is 34.2. The molecule has 5 heteroatoms. The molecule has 0 saturated heterocycles. The quantitative estimate of drug-likeness (QED) is 0.0374. The van der Waals surface area contributed by atoms with Crippen molar-refractivity contribution < 1.29 is 20.1 Å². The summed E-state index contributed by atoms with van der Waals surface area (Å²) in [4.78, 5) is 12.4. The lowest BCUT2D eigenvalue weighted by Gasteiger charge is -2.26. The smallest absolute Gasteiger partial charge is 0.220 e. The first-order valence-corrected chi connectivity index (χ1v) is 22.6. The second kappa shape index (κ2) is 41.6. The number of hydrogen-bond acceptors (Lipinski definition) is 4. The number of carbonyl (C=O) groups excluding carboxylic acids is 1. The average Bonchev–Trinajstić information content (AvgIpc) is 3.13. The van der Waals surface area contributed by atoms with E-state index in [0.29, 0.717) is 12.8 Å². The van der Waals surface area contributed by atoms with E-state index in [2.05, 4.69) is 43.5 Å². The molecule has 302 valence electrons. The van der Waals surface area contributed by atoms with Crippen molar-refractivity contribution >= 4 is 5.91 Å². The lowest BCUT2D eigenvalue weighted by atomic mass is 10.0. The second-order valence-corrected chi connectivity index (χ2v) is 15.6. The maximum absolute atomic E-state index is 12.4. The van der Waals surface area contributed by atoms with Gasteiger partial charge in [0.2, 0.25) is 5.91 Å². The summed E-state index contributed by atoms with van der Waals surface area (Å²) in [5.74, 6) is -0.161. The van der Waals surface area contributed by atoms with Gasteiger partial charge in [-0.1, -0.05) is 192 Å². The van der Waals surface area contributed by atoms with Crippen LogP contribution >= 0.6 is 0 Å². The summed E-state index contributed by atoms with van der Waals surface area (Å²) in [6, 6.07) is -0.828. The molecular weight excluding hydrogens is 631 g/mol. The number of aliphatic hydroxyl groups is 3. The van der Waals surface area contributed by atoms with Gasteiger partial charge in [-0.2, -0.15) is 0 Å². The number of aliphatic hydroxyl groups excluding tert-OH is 3. The molecule has 0 radical (unpaired) electrons. The summed E-state index contributed by atoms with van der Waals surface area (Å²) in [5, 5.41) is 33.5. The van der Waals surface area contributed by atoms with Gasteiger partial charge < -0.3 is 20.6 Å². The van der Waals surface area contributed by atoms with Crippen LogP contribution in [-0.2, 0) is 4.79 Å². The van der Waals surface area contributed by atoms with E-state index in [1.54, 1.807) is 0 Å². The highest BCUT2D eigenvalue weighted by atomic mass is 16.3. The van der Waals surface area contributed by atoms with Crippen LogP contribution in [0, 0.1) is 0 Å². The zero-order valence-corrected chi connectivity index (χ0v) is 34.2. The molecule has 0 aliphatic carbocycles. The molecule has 51 heavy (non-hydrogen) atoms. The Morgan fingerprint density at radius 3 is 1.14 bits per heavy atom. The molecule has 0 fully saturated rings. The van der Waals surface area contributed by atoms with Crippen LogP contribution in [0.25, 0.3) is 0 Å². The zero-order chi connectivity index (χ0) is 37.3. The van der Waals surface area contributed by atoms with Gasteiger partial charge in [0.1, 0.15) is 6.10 Å². The molecule has 5 nitrogen and oxygen atoms in total. The van der Waals surface area contributed by atoms with E-state index in [0.717, 1.165) is 44.9 Å². The van der Waals surface area contributed by atoms with Gasteiger partial charge in [-0.05, 0) is 64.2 Å². The molecule has 0 aromatic heterocycles. The Morgan fingerprint density at radius 1 is 0.471 bits per heavy atom. The molecule has 1 amide bonds. The third kappa shape index (κ3) is 37.0. The molecule has 0 aliphatic rings. The van der Waals surface area contributed by atoms with Crippen molar-refractivity contribution in [3.63, 3.8) is 0 Å². The van der Waals surface area contributed by atoms with Crippen LogP contribution in [0.5, 0.6) is 0 Å². The van der Waals surface area contributed by atoms with Crippen molar-refractivity contribution in [2.45, 2.75) is 257 Å². The van der Waals surface area contributed by atoms with E-state index >= 15 is 0 Å². The molecule has 0 saturated carbocycles. The number of hydrogen-bond donors (Lipinski definition) is 4. The van der Waals surface area contributed by atoms with Gasteiger partial charge in [0.25, 0.3) is 0 Å². The summed E-state index contributed by atoms with van der Waals surface area (Å²) >= 11 is 0. The Balaban J connectivity index is 3.66. The van der Waals surface area contributed by atoms with E-state index in [1.807, 2.05) is 0 Å². The normalized spacial score (nSPS) is 13.7. The molecule has 4 N–H and O–H groups in total. The van der Waals surface area contributed by atoms with E-state index in [9.17, 15) is 20.1 Å². The van der Waals surface area contributed by atoms with Gasteiger partial charge in [0.05, 0.1) is 18.8 Å². The summed E-state index contributed by atoms with van der Waals surface area (Å²) < 4.78 is 0. The fourth-order valence-corrected chi connectivity index (χ4v) is 6.98. The van der Waals surface area contributed by atoms with Crippen LogP contribution in [0.15, 0.2) is 24.3 Å². The lowest BCUT2D eigenvalue weighted by molar-refractivity contribution is -0.124. The number of unbranched alkanes of at least 4 members (excludes halogenated alkanes) is 29. The molecule has 0 bridgehead atoms. The monoisotopic (exact) mass is 720 g/mol. The molecule has 0 aliphatic heterocycles. The van der Waals surface area contributed by atoms with E-state index in [4.69, 9.17) is 0 Å². The minimum absolute atomic E-state index is 0.161. The van der Waals surface area contributed by atoms with Gasteiger partial charge in [0, 0.05) is 6.42 Å². The van der Waals surface area contributed by atoms with E-state index < -0.39 is 18.2 Å². The molecule has 0 rings (SSSR count). The fraction of sp³-hybridized carbons (Fsp3) is 0.891. The van der Waals surface area contributed by atoms with Crippen LogP contribution in [0.1, 0.15) is 239 Å². The number of carbonyl (C=O) groups is 1. The number of amides is 1. The highest BCUT2D eigenvalue weighted by molar-refractivity contribution is 5.76. The number of allylic oxidation sites excluding steroid dienone is 4. The minimum Gasteiger partial charge on any atom is -0.394 e. The summed E-state index contributed by atoms with van der Waals surface area (Å²) in [6.45, 7) is 4.17. The molecule has 3 atom stereocenters. The standard InChI is InChI=1S/C46H89NO4/c1-3-5-7-9-11-13-15-17-19-21-23-24-26-28-30-32-34-36-38-40-44(49)46(51)43(42-48)47-45(50)41-39-37-35-33-31-29-27-25-22-20-18-16-14-12-10-8-6-4-2/h25,27,32,34,43-44,46,48-49,51H,3-24,26,28-31,33,35-42H2,1-2H3,(H,47,50)/b27-25-,34-32+. The van der Waals surface area contributed by atoms with Crippen molar-refractivity contribution in [3.05, 3.63) is 24.3 Å². The first kappa shape index (κ1) is 49.8. The van der Waals surface area contributed by atoms with Crippen LogP contribution in [0.4, 0.5) is 0 Å². The van der Waals surface area contributed by atoms with Crippen LogP contribution in [-0.4, -0.2) is 46.1 Å². The van der Waals surface area contributed by atoms with Crippen LogP contribution in [0.3, 0.4) is 0 Å². The highest BCUT2D eigenvalue weighted by Crippen LogP contribution is 2.15. The molecular formula is C46H89NO4. The first-order chi connectivity index (χ1) is 25.1. The second-order valence-electron chi connectivity index (χ2n) is 15.6. The SMILES string of the molecule is CCCCCCCCCCC/C=C\CCCCCCCC(=O)NC(CO)C(O)C(O)CCC/C=C/CCCCCCCCCCCCCCCC. The summed E-state index contributed by atoms with van der Waals surface area (Å²) in [6.07, 6.45) is 50.0. The Morgan fingerprint density at radius 2 is 0.784 bits per heavy atom. The lowest BCUT2D eigenvalue weighted by Crippen LogP contribution is -2.50. The van der Waals surface area contributed by atoms with Gasteiger partial charge in [-0.3, -0.25) is 4.79 Å². The molecule has 0 spiro atoms. The molecule has 0 aromatic carbocycles. The average molecular weight is 720 g/mol. The maximum atomic E-state index is 12.4. The molecule has 0 heterocycles. The predicted molar refractivity (Wildman–Crippen MR) is 222 cm³/mol. The van der Waals surface area contributed by atoms with Gasteiger partial charge in [-0.25, -0.2) is 0 Å². The summed E-state index contributed by atoms with van der Waals surface area (Å²) in [7, 11) is 0. The Labute approximate surface area is 318 Å². The maximum Gasteiger partial charge on any atom is 0.220 e. The van der Waals surface area contributed by atoms with Gasteiger partial charge >= 0.3 is 0 Å². The van der Waals surface area contributed by atoms with Crippen molar-refractivity contribution in [2.24, 2.45) is 0 Å². The number of nitrogens with one attached hydrogen (secondary N) is 1. The van der Waals surface area contributed by atoms with E-state index in [1.165, 1.54) is 167 Å². The van der Waals surface area contributed by atoms with Crippen LogP contribution < -0.4 is 5.32 Å². The Kier molecular flexibility index (Phi) is 40.6. The first-order valence-electron chi connectivity index (χ1n) is 22.6. The minimum atomic E-state index is -1.16. The van der Waals surface area contributed by atoms with Gasteiger partial charge in [-0.15, -0.1) is 0 Å². The summed E-state index contributed by atoms with van der Waals surface area (Å²) in [5.41, 5.74) is 0. The Bertz CT molecular complexity index is 754. The van der Waals surface area contributed by atoms with E-state index in [-0.39, 0.29) is 12.5 Å². The highest BCUT2D eigenvalue weighted by Gasteiger charge is 2.26. The van der Waals surface area contributed by atoms with Crippen molar-refractivity contribution in [1.29, 1.82) is 0 Å². The third-order valence-electron chi connectivity index (χ3n) is 10.5. The van der Waals surface area contributed by atoms with Crippen molar-refractivity contribution in [3.8, 4) is 0 Å². The molecule has 0 aromatic rings. The van der Waals surface area contributed by atoms with Gasteiger partial charge in [0.15, 0.2) is 0 Å². The molecule has 3 unspecified atom stereocenters. The number of rotatable bonds is 41. The van der Waals surface area contributed by atoms with Crippen molar-refractivity contribution in [1.82, 2.24) is 5.32 Å². The Hall–Kier alpha value is -1.17. The predicted octanol–water partition coefficient (Wildman–Crippen LogP) is 13.0. The largest absolute Gasteiger partial charge is 0.394 e. The van der Waals surface area contributed by atoms with Crippen LogP contribution in [0.2, 0.25) is 0 Å². The third-order valence-corrected chi connectivity index (χ3v) is 10.5.